The normalized spacial score (nSPS) is 23.2. The maximum Gasteiger partial charge on any atom is 0.268 e. The zero-order valence-electron chi connectivity index (χ0n) is 30.5. The van der Waals surface area contributed by atoms with Gasteiger partial charge in [0.05, 0.1) is 41.4 Å². The van der Waals surface area contributed by atoms with Crippen molar-refractivity contribution in [3.8, 4) is 0 Å². The molecule has 2 amide bonds. The van der Waals surface area contributed by atoms with Gasteiger partial charge < -0.3 is 14.0 Å². The highest BCUT2D eigenvalue weighted by Crippen LogP contribution is 2.61. The molecule has 3 aliphatic heterocycles. The van der Waals surface area contributed by atoms with Gasteiger partial charge in [0.15, 0.2) is 5.60 Å². The Morgan fingerprint density at radius 3 is 2.30 bits per heavy atom. The lowest BCUT2D eigenvalue weighted by Crippen LogP contribution is -2.44. The molecule has 1 aromatic heterocycles. The van der Waals surface area contributed by atoms with Crippen LogP contribution in [0.15, 0.2) is 120 Å². The molecule has 3 aliphatic rings. The van der Waals surface area contributed by atoms with E-state index in [0.717, 1.165) is 16.8 Å². The fourth-order valence-electron chi connectivity index (χ4n) is 8.68. The number of aliphatic hydroxyl groups excluding tert-OH is 1. The highest BCUT2D eigenvalue weighted by molar-refractivity contribution is 6.72. The first-order valence-electron chi connectivity index (χ1n) is 18.5. The summed E-state index contributed by atoms with van der Waals surface area (Å²) in [6.45, 7) is 5.54. The number of rotatable bonds is 10. The second kappa shape index (κ2) is 14.2. The van der Waals surface area contributed by atoms with Gasteiger partial charge in [0.25, 0.3) is 5.91 Å². The Morgan fingerprint density at radius 1 is 0.926 bits per heavy atom. The van der Waals surface area contributed by atoms with Crippen LogP contribution in [0, 0.1) is 5.92 Å². The third-order valence-corrected chi connectivity index (χ3v) is 13.6. The highest BCUT2D eigenvalue weighted by atomic mass is 28.4. The number of benzene rings is 4. The molecule has 276 valence electrons. The van der Waals surface area contributed by atoms with E-state index < -0.39 is 31.6 Å². The average Bonchev–Trinajstić information content (AvgIpc) is 3.85. The molecular formula is C42H43FN6O4Si. The van der Waals surface area contributed by atoms with E-state index in [-0.39, 0.29) is 30.8 Å². The molecule has 1 unspecified atom stereocenters. The summed E-state index contributed by atoms with van der Waals surface area (Å²) in [5.41, 5.74) is 3.68. The van der Waals surface area contributed by atoms with Gasteiger partial charge in [-0.15, -0.1) is 5.10 Å². The second-order valence-electron chi connectivity index (χ2n) is 14.9. The van der Waals surface area contributed by atoms with Gasteiger partial charge in [-0.1, -0.05) is 91.0 Å². The number of hydrazone groups is 1. The number of ether oxygens (including phenoxy) is 1. The quantitative estimate of drug-likeness (QED) is 0.117. The summed E-state index contributed by atoms with van der Waals surface area (Å²) >= 11 is 0. The molecule has 1 spiro atoms. The standard InChI is InChI=1S/C42H43FN6O4Si/c1-28-40(54(2,3)43)38(23-24-47-26-36(44-46-47)33(27-50)29-13-7-4-8-14-29)53-42(28)34-25-32(19-21-37(34)48(41(42)52)31-17-11-6-12-18-31)49-39(51)22-20-35(45-49)30-15-9-5-10-16-30/h4-19,21,25-26,28,33,38,40,50H,20,22-24,27H2,1-3H3/t28-,33?,38+,40-,42+/m0/s1. The second-order valence-corrected chi connectivity index (χ2v) is 18.7. The fourth-order valence-corrected chi connectivity index (χ4v) is 11.2. The number of anilines is 3. The summed E-state index contributed by atoms with van der Waals surface area (Å²) in [5.74, 6) is -1.30. The summed E-state index contributed by atoms with van der Waals surface area (Å²) in [6, 6.07) is 34.3. The van der Waals surface area contributed by atoms with Crippen LogP contribution in [0.4, 0.5) is 21.2 Å². The maximum absolute atomic E-state index is 16.6. The number of carbonyl (C=O) groups is 2. The fraction of sp³-hybridized carbons (Fsp3) is 0.310. The summed E-state index contributed by atoms with van der Waals surface area (Å²) < 4.78 is 25.4. The van der Waals surface area contributed by atoms with Gasteiger partial charge in [0.2, 0.25) is 14.3 Å². The molecule has 0 radical (unpaired) electrons. The molecule has 10 nitrogen and oxygen atoms in total. The van der Waals surface area contributed by atoms with Crippen LogP contribution in [0.1, 0.15) is 54.5 Å². The minimum Gasteiger partial charge on any atom is -0.395 e. The van der Waals surface area contributed by atoms with Gasteiger partial charge in [-0.25, -0.2) is 5.01 Å². The molecule has 4 aromatic carbocycles. The summed E-state index contributed by atoms with van der Waals surface area (Å²) in [7, 11) is -3.46. The lowest BCUT2D eigenvalue weighted by Gasteiger charge is -2.31. The highest BCUT2D eigenvalue weighted by Gasteiger charge is 2.67. The predicted octanol–water partition coefficient (Wildman–Crippen LogP) is 7.48. The van der Waals surface area contributed by atoms with Gasteiger partial charge in [-0.3, -0.25) is 19.2 Å². The summed E-state index contributed by atoms with van der Waals surface area (Å²) in [5, 5.41) is 25.2. The smallest absolute Gasteiger partial charge is 0.268 e. The van der Waals surface area contributed by atoms with Crippen molar-refractivity contribution in [1.82, 2.24) is 15.0 Å². The Morgan fingerprint density at radius 2 is 1.61 bits per heavy atom. The van der Waals surface area contributed by atoms with E-state index in [1.54, 1.807) is 22.7 Å². The monoisotopic (exact) mass is 742 g/mol. The summed E-state index contributed by atoms with van der Waals surface area (Å²) in [6.07, 6.45) is 2.40. The lowest BCUT2D eigenvalue weighted by molar-refractivity contribution is -0.145. The minimum atomic E-state index is -3.46. The number of aliphatic hydroxyl groups is 1. The van der Waals surface area contributed by atoms with Crippen LogP contribution >= 0.6 is 0 Å². The number of hydrogen-bond donors (Lipinski definition) is 1. The predicted molar refractivity (Wildman–Crippen MR) is 208 cm³/mol. The van der Waals surface area contributed by atoms with Crippen molar-refractivity contribution < 1.29 is 23.5 Å². The van der Waals surface area contributed by atoms with Crippen LogP contribution in [-0.2, 0) is 26.5 Å². The number of halogens is 1. The third-order valence-electron chi connectivity index (χ3n) is 11.2. The molecule has 1 N–H and O–H groups in total. The maximum atomic E-state index is 16.6. The molecule has 54 heavy (non-hydrogen) atoms. The molecule has 0 bridgehead atoms. The van der Waals surface area contributed by atoms with Crippen molar-refractivity contribution in [2.24, 2.45) is 11.0 Å². The molecule has 0 aliphatic carbocycles. The van der Waals surface area contributed by atoms with E-state index in [9.17, 15) is 9.90 Å². The van der Waals surface area contributed by atoms with Gasteiger partial charge in [-0.2, -0.15) is 5.10 Å². The van der Waals surface area contributed by atoms with Gasteiger partial charge >= 0.3 is 0 Å². The Labute approximate surface area is 315 Å². The van der Waals surface area contributed by atoms with Crippen LogP contribution in [0.25, 0.3) is 0 Å². The van der Waals surface area contributed by atoms with Crippen molar-refractivity contribution in [2.75, 3.05) is 16.5 Å². The molecule has 12 heteroatoms. The van der Waals surface area contributed by atoms with Crippen LogP contribution < -0.4 is 9.91 Å². The lowest BCUT2D eigenvalue weighted by atomic mass is 9.82. The number of hydrogen-bond acceptors (Lipinski definition) is 7. The van der Waals surface area contributed by atoms with Crippen molar-refractivity contribution in [3.63, 3.8) is 0 Å². The molecule has 5 aromatic rings. The van der Waals surface area contributed by atoms with Crippen LogP contribution in [0.5, 0.6) is 0 Å². The zero-order chi connectivity index (χ0) is 37.6. The Balaban J connectivity index is 1.17. The van der Waals surface area contributed by atoms with E-state index in [1.165, 1.54) is 5.01 Å². The molecule has 1 saturated heterocycles. The molecular weight excluding hydrogens is 700 g/mol. The average molecular weight is 743 g/mol. The number of nitrogens with zero attached hydrogens (tertiary/aromatic N) is 6. The van der Waals surface area contributed by atoms with E-state index in [0.29, 0.717) is 47.7 Å². The van der Waals surface area contributed by atoms with Gasteiger partial charge in [0.1, 0.15) is 0 Å². The third kappa shape index (κ3) is 6.17. The van der Waals surface area contributed by atoms with Crippen LogP contribution in [0.2, 0.25) is 18.6 Å². The Hall–Kier alpha value is -5.30. The van der Waals surface area contributed by atoms with E-state index >= 15 is 8.90 Å². The van der Waals surface area contributed by atoms with E-state index in [2.05, 4.69) is 10.3 Å². The zero-order valence-corrected chi connectivity index (χ0v) is 31.5. The minimum absolute atomic E-state index is 0.123. The van der Waals surface area contributed by atoms with E-state index in [1.807, 2.05) is 122 Å². The van der Waals surface area contributed by atoms with Crippen molar-refractivity contribution in [1.29, 1.82) is 0 Å². The molecule has 0 saturated carbocycles. The topological polar surface area (TPSA) is 113 Å². The van der Waals surface area contributed by atoms with Crippen molar-refractivity contribution in [3.05, 3.63) is 138 Å². The Kier molecular flexibility index (Phi) is 9.37. The largest absolute Gasteiger partial charge is 0.395 e. The van der Waals surface area contributed by atoms with Crippen LogP contribution in [-0.4, -0.2) is 58.7 Å². The first-order chi connectivity index (χ1) is 26.1. The number of carbonyl (C=O) groups excluding carboxylic acids is 2. The summed E-state index contributed by atoms with van der Waals surface area (Å²) in [4.78, 5) is 30.2. The van der Waals surface area contributed by atoms with E-state index in [4.69, 9.17) is 9.84 Å². The molecule has 5 atom stereocenters. The number of aryl methyl sites for hydroxylation is 1. The number of fused-ring (bicyclic) bond motifs is 2. The van der Waals surface area contributed by atoms with Crippen LogP contribution in [0.3, 0.4) is 0 Å². The first-order valence-corrected chi connectivity index (χ1v) is 21.5. The van der Waals surface area contributed by atoms with Crippen molar-refractivity contribution in [2.45, 2.75) is 69.0 Å². The SMILES string of the molecule is C[C@H]1[C@H]([Si](C)(C)F)[C@@H](CCn2cc(C(CO)c3ccccc3)nn2)O[C@]12C(=O)N(c1ccccc1)c1ccc(N3N=C(c4ccccc4)CCC3=O)cc12. The molecule has 8 rings (SSSR count). The Bertz CT molecular complexity index is 2190. The van der Waals surface area contributed by atoms with Crippen molar-refractivity contribution >= 4 is 43.0 Å². The van der Waals surface area contributed by atoms with Gasteiger partial charge in [-0.05, 0) is 61.0 Å². The molecule has 4 heterocycles. The number of amides is 2. The first kappa shape index (κ1) is 35.7. The van der Waals surface area contributed by atoms with Gasteiger partial charge in [0, 0.05) is 48.3 Å². The molecule has 1 fully saturated rings. The number of para-hydroxylation sites is 1. The number of aromatic nitrogens is 3.